The number of rotatable bonds is 12. The summed E-state index contributed by atoms with van der Waals surface area (Å²) in [7, 11) is -12.3. The van der Waals surface area contributed by atoms with Crippen molar-refractivity contribution in [3.05, 3.63) is 89.7 Å². The molecule has 280 valence electrons. The van der Waals surface area contributed by atoms with E-state index in [1.165, 1.54) is 50.4 Å². The van der Waals surface area contributed by atoms with Gasteiger partial charge in [-0.3, -0.25) is 9.11 Å². The molecule has 0 atom stereocenters. The van der Waals surface area contributed by atoms with Gasteiger partial charge in [-0.15, -0.1) is 10.2 Å². The van der Waals surface area contributed by atoms with Crippen LogP contribution in [0.4, 0.5) is 23.0 Å². The number of aromatic nitrogens is 3. The van der Waals surface area contributed by atoms with E-state index in [0.717, 1.165) is 0 Å². The molecule has 1 heterocycles. The molecule has 0 radical (unpaired) electrons. The molecule has 17 nitrogen and oxygen atoms in total. The van der Waals surface area contributed by atoms with Crippen molar-refractivity contribution in [2.24, 2.45) is 10.2 Å². The van der Waals surface area contributed by atoms with E-state index in [9.17, 15) is 34.9 Å². The second-order valence-corrected chi connectivity index (χ2v) is 16.3. The highest BCUT2D eigenvalue weighted by Gasteiger charge is 2.23. The van der Waals surface area contributed by atoms with Gasteiger partial charge < -0.3 is 15.2 Å². The van der Waals surface area contributed by atoms with Gasteiger partial charge in [-0.2, -0.15) is 31.8 Å². The minimum atomic E-state index is -4.84. The van der Waals surface area contributed by atoms with Crippen molar-refractivity contribution in [3.8, 4) is 22.9 Å². The molecule has 0 unspecified atom stereocenters. The Hall–Kier alpha value is -5.35. The fraction of sp³-hybridized carbons (Fsp3) is 0.121. The molecule has 0 saturated heterocycles. The zero-order valence-corrected chi connectivity index (χ0v) is 31.1. The number of sulfone groups is 1. The van der Waals surface area contributed by atoms with E-state index in [0.29, 0.717) is 21.7 Å². The summed E-state index contributed by atoms with van der Waals surface area (Å²) in [5.41, 5.74) is 0.838. The summed E-state index contributed by atoms with van der Waals surface area (Å²) < 4.78 is 100. The van der Waals surface area contributed by atoms with E-state index in [1.807, 2.05) is 0 Å². The highest BCUT2D eigenvalue weighted by molar-refractivity contribution is 7.91. The van der Waals surface area contributed by atoms with Crippen LogP contribution in [-0.4, -0.2) is 73.9 Å². The summed E-state index contributed by atoms with van der Waals surface area (Å²) in [5.74, 6) is -1.04. The standard InChI is InChI=1S/C33H27ClN6O11S3/c1-18-15-24(26(50-2)17-28(18)52(42,43)14-13-51-54(47,48)49)35-33-37-31(36-32(34)38-33)22-16-25(30(41)21-10-4-3-9-20(21)22)40-39-23-11-5-7-19-8-6-12-27(29(19)23)53(44,45)46/h3-12,15-17,41H,13-14H2,1-2H3,(H,44,45,46)(H,47,48,49)(H,35,36,37,38). The Bertz CT molecular complexity index is 2830. The molecule has 5 aromatic carbocycles. The fourth-order valence-electron chi connectivity index (χ4n) is 5.58. The molecule has 0 bridgehead atoms. The molecule has 0 aliphatic rings. The number of nitrogens with one attached hydrogen (secondary N) is 1. The summed E-state index contributed by atoms with van der Waals surface area (Å²) in [6.45, 7) is 0.676. The predicted octanol–water partition coefficient (Wildman–Crippen LogP) is 6.52. The minimum absolute atomic E-state index is 0.0256. The van der Waals surface area contributed by atoms with Crippen molar-refractivity contribution in [1.29, 1.82) is 0 Å². The minimum Gasteiger partial charge on any atom is -0.505 e. The summed E-state index contributed by atoms with van der Waals surface area (Å²) in [6, 6.07) is 19.9. The number of methoxy groups -OCH3 is 1. The van der Waals surface area contributed by atoms with Gasteiger partial charge in [0, 0.05) is 22.4 Å². The first kappa shape index (κ1) is 38.4. The Morgan fingerprint density at radius 3 is 2.19 bits per heavy atom. The molecule has 0 aliphatic heterocycles. The Morgan fingerprint density at radius 2 is 1.50 bits per heavy atom. The van der Waals surface area contributed by atoms with Crippen LogP contribution in [0.2, 0.25) is 5.28 Å². The van der Waals surface area contributed by atoms with Gasteiger partial charge in [-0.05, 0) is 59.1 Å². The number of phenolic OH excluding ortho intramolecular Hbond substituents is 1. The van der Waals surface area contributed by atoms with E-state index >= 15 is 0 Å². The molecular formula is C33H27ClN6O11S3. The van der Waals surface area contributed by atoms with Gasteiger partial charge in [0.1, 0.15) is 16.3 Å². The van der Waals surface area contributed by atoms with Crippen LogP contribution in [-0.2, 0) is 34.5 Å². The van der Waals surface area contributed by atoms with Crippen LogP contribution in [0.25, 0.3) is 32.9 Å². The van der Waals surface area contributed by atoms with Gasteiger partial charge >= 0.3 is 10.4 Å². The van der Waals surface area contributed by atoms with Gasteiger partial charge in [0.05, 0.1) is 35.7 Å². The third kappa shape index (κ3) is 8.24. The molecule has 0 saturated carbocycles. The van der Waals surface area contributed by atoms with E-state index in [2.05, 4.69) is 34.7 Å². The van der Waals surface area contributed by atoms with Crippen LogP contribution in [0.5, 0.6) is 11.5 Å². The van der Waals surface area contributed by atoms with Crippen LogP contribution >= 0.6 is 11.6 Å². The van der Waals surface area contributed by atoms with Crippen LogP contribution in [0, 0.1) is 6.92 Å². The Kier molecular flexibility index (Phi) is 10.5. The molecule has 4 N–H and O–H groups in total. The van der Waals surface area contributed by atoms with E-state index in [-0.39, 0.29) is 66.4 Å². The number of hydrogen-bond acceptors (Lipinski definition) is 15. The quantitative estimate of drug-likeness (QED) is 0.0757. The highest BCUT2D eigenvalue weighted by Crippen LogP contribution is 2.42. The molecular weight excluding hydrogens is 788 g/mol. The maximum Gasteiger partial charge on any atom is 0.397 e. The number of nitrogens with zero attached hydrogens (tertiary/aromatic N) is 5. The number of aryl methyl sites for hydroxylation is 1. The van der Waals surface area contributed by atoms with E-state index in [4.69, 9.17) is 20.9 Å². The topological polar surface area (TPSA) is 257 Å². The SMILES string of the molecule is COc1cc(S(=O)(=O)CCOS(=O)(=O)O)c(C)cc1Nc1nc(Cl)nc(-c2cc(N=Nc3cccc4cccc(S(=O)(=O)O)c34)c(O)c3ccccc23)n1. The lowest BCUT2D eigenvalue weighted by molar-refractivity contribution is 0.284. The molecule has 54 heavy (non-hydrogen) atoms. The zero-order valence-electron chi connectivity index (χ0n) is 27.9. The first-order valence-corrected chi connectivity index (χ1v) is 20.2. The molecule has 0 fully saturated rings. The number of aromatic hydroxyl groups is 1. The van der Waals surface area contributed by atoms with Crippen LogP contribution in [0.15, 0.2) is 98.9 Å². The predicted molar refractivity (Wildman–Crippen MR) is 198 cm³/mol. The zero-order chi connectivity index (χ0) is 39.0. The summed E-state index contributed by atoms with van der Waals surface area (Å²) >= 11 is 6.36. The van der Waals surface area contributed by atoms with E-state index in [1.54, 1.807) is 42.5 Å². The Labute approximate surface area is 312 Å². The number of hydrogen-bond donors (Lipinski definition) is 4. The lowest BCUT2D eigenvalue weighted by Crippen LogP contribution is -2.16. The van der Waals surface area contributed by atoms with Crippen molar-refractivity contribution >= 4 is 86.5 Å². The van der Waals surface area contributed by atoms with Crippen LogP contribution < -0.4 is 10.1 Å². The van der Waals surface area contributed by atoms with Crippen molar-refractivity contribution in [1.82, 2.24) is 15.0 Å². The van der Waals surface area contributed by atoms with E-state index < -0.39 is 42.7 Å². The number of fused-ring (bicyclic) bond motifs is 2. The average molecular weight is 815 g/mol. The van der Waals surface area contributed by atoms with Crippen LogP contribution in [0.3, 0.4) is 0 Å². The normalized spacial score (nSPS) is 12.5. The number of halogens is 1. The Balaban J connectivity index is 1.40. The number of phenols is 1. The van der Waals surface area contributed by atoms with Gasteiger partial charge in [0.2, 0.25) is 11.2 Å². The molecule has 1 aromatic heterocycles. The van der Waals surface area contributed by atoms with Crippen molar-refractivity contribution < 1.29 is 48.4 Å². The van der Waals surface area contributed by atoms with Gasteiger partial charge in [0.25, 0.3) is 10.1 Å². The monoisotopic (exact) mass is 814 g/mol. The van der Waals surface area contributed by atoms with Gasteiger partial charge in [-0.25, -0.2) is 12.6 Å². The molecule has 0 aliphatic carbocycles. The molecule has 6 rings (SSSR count). The second-order valence-electron chi connectivity index (χ2n) is 11.4. The summed E-state index contributed by atoms with van der Waals surface area (Å²) in [6.07, 6.45) is 0. The molecule has 0 amide bonds. The highest BCUT2D eigenvalue weighted by atomic mass is 35.5. The maximum atomic E-state index is 13.0. The van der Waals surface area contributed by atoms with Gasteiger partial charge in [-0.1, -0.05) is 48.5 Å². The maximum absolute atomic E-state index is 13.0. The smallest absolute Gasteiger partial charge is 0.397 e. The van der Waals surface area contributed by atoms with Crippen molar-refractivity contribution in [3.63, 3.8) is 0 Å². The number of benzene rings is 5. The Morgan fingerprint density at radius 1 is 0.815 bits per heavy atom. The third-order valence-corrected chi connectivity index (χ3v) is 11.2. The van der Waals surface area contributed by atoms with Crippen molar-refractivity contribution in [2.75, 3.05) is 24.8 Å². The number of azo groups is 1. The molecule has 0 spiro atoms. The van der Waals surface area contributed by atoms with Crippen molar-refractivity contribution in [2.45, 2.75) is 16.7 Å². The molecule has 6 aromatic rings. The van der Waals surface area contributed by atoms with Gasteiger partial charge in [0.15, 0.2) is 21.4 Å². The summed E-state index contributed by atoms with van der Waals surface area (Å²) in [4.78, 5) is 12.4. The largest absolute Gasteiger partial charge is 0.505 e. The number of ether oxygens (including phenoxy) is 1. The second kappa shape index (κ2) is 14.8. The lowest BCUT2D eigenvalue weighted by atomic mass is 10.0. The molecule has 21 heteroatoms. The van der Waals surface area contributed by atoms with Crippen LogP contribution in [0.1, 0.15) is 5.56 Å². The summed E-state index contributed by atoms with van der Waals surface area (Å²) in [5, 5.41) is 23.9. The third-order valence-electron chi connectivity index (χ3n) is 7.90. The first-order chi connectivity index (χ1) is 25.4. The average Bonchev–Trinajstić information content (AvgIpc) is 3.10. The number of anilines is 2. The first-order valence-electron chi connectivity index (χ1n) is 15.3. The fourth-order valence-corrected chi connectivity index (χ4v) is 8.23. The lowest BCUT2D eigenvalue weighted by Gasteiger charge is -2.15.